The fourth-order valence-corrected chi connectivity index (χ4v) is 3.20. The maximum absolute atomic E-state index is 3.93. The van der Waals surface area contributed by atoms with E-state index in [1.54, 1.807) is 0 Å². The first-order valence-electron chi connectivity index (χ1n) is 5.83. The molecule has 0 amide bonds. The van der Waals surface area contributed by atoms with E-state index in [0.717, 1.165) is 18.3 Å². The first-order valence-corrected chi connectivity index (χ1v) is 5.83. The van der Waals surface area contributed by atoms with E-state index in [1.807, 2.05) is 0 Å². The van der Waals surface area contributed by atoms with Crippen molar-refractivity contribution < 1.29 is 0 Å². The van der Waals surface area contributed by atoms with Crippen molar-refractivity contribution in [2.45, 2.75) is 59.3 Å². The lowest BCUT2D eigenvalue weighted by Gasteiger charge is -2.39. The van der Waals surface area contributed by atoms with Gasteiger partial charge in [0.2, 0.25) is 0 Å². The first-order chi connectivity index (χ1) is 6.03. The lowest BCUT2D eigenvalue weighted by molar-refractivity contribution is 0.126. The lowest BCUT2D eigenvalue weighted by Crippen LogP contribution is -2.27. The largest absolute Gasteiger partial charge is 0.0625 e. The van der Waals surface area contributed by atoms with Gasteiger partial charge in [-0.15, -0.1) is 0 Å². The molecule has 1 rings (SSSR count). The van der Waals surface area contributed by atoms with E-state index in [9.17, 15) is 0 Å². The molecule has 0 heterocycles. The molecule has 0 N–H and O–H groups in total. The third-order valence-corrected chi connectivity index (χ3v) is 3.34. The van der Waals surface area contributed by atoms with Gasteiger partial charge < -0.3 is 0 Å². The predicted octanol–water partition coefficient (Wildman–Crippen LogP) is 4.45. The van der Waals surface area contributed by atoms with Gasteiger partial charge >= 0.3 is 0 Å². The fourth-order valence-electron chi connectivity index (χ4n) is 3.20. The Kier molecular flexibility index (Phi) is 3.82. The highest BCUT2D eigenvalue weighted by molar-refractivity contribution is 4.82. The Balaban J connectivity index is 2.38. The Morgan fingerprint density at radius 3 is 2.54 bits per heavy atom. The van der Waals surface area contributed by atoms with Gasteiger partial charge in [0, 0.05) is 0 Å². The Morgan fingerprint density at radius 2 is 2.00 bits per heavy atom. The van der Waals surface area contributed by atoms with Crippen LogP contribution < -0.4 is 0 Å². The maximum Gasteiger partial charge on any atom is -0.0349 e. The smallest absolute Gasteiger partial charge is 0.0349 e. The monoisotopic (exact) mass is 181 g/mol. The van der Waals surface area contributed by atoms with Crippen molar-refractivity contribution in [1.82, 2.24) is 0 Å². The van der Waals surface area contributed by atoms with Crippen molar-refractivity contribution in [1.29, 1.82) is 0 Å². The number of unbranched alkanes of at least 4 members (excludes halogenated alkanes) is 1. The second kappa shape index (κ2) is 4.48. The highest BCUT2D eigenvalue weighted by Crippen LogP contribution is 2.43. The Bertz CT molecular complexity index is 146. The zero-order chi connectivity index (χ0) is 9.90. The second-order valence-corrected chi connectivity index (χ2v) is 5.78. The summed E-state index contributed by atoms with van der Waals surface area (Å²) in [4.78, 5) is 0. The standard InChI is InChI=1S/C13H25/c1-5-6-7-12-8-11(2)9-13(3,4)10-12/h11-12H,1,5-10H2,2-4H3. The van der Waals surface area contributed by atoms with Crippen LogP contribution in [-0.4, -0.2) is 0 Å². The molecule has 1 aliphatic rings. The molecule has 2 unspecified atom stereocenters. The molecule has 1 saturated carbocycles. The molecule has 0 spiro atoms. The highest BCUT2D eigenvalue weighted by atomic mass is 14.4. The van der Waals surface area contributed by atoms with Gasteiger partial charge in [-0.1, -0.05) is 47.0 Å². The van der Waals surface area contributed by atoms with Gasteiger partial charge in [0.15, 0.2) is 0 Å². The molecule has 2 atom stereocenters. The summed E-state index contributed by atoms with van der Waals surface area (Å²) in [6.07, 6.45) is 8.19. The van der Waals surface area contributed by atoms with E-state index >= 15 is 0 Å². The van der Waals surface area contributed by atoms with Gasteiger partial charge in [-0.25, -0.2) is 0 Å². The van der Waals surface area contributed by atoms with Crippen molar-refractivity contribution in [2.75, 3.05) is 0 Å². The van der Waals surface area contributed by atoms with E-state index in [0.29, 0.717) is 5.41 Å². The molecule has 77 valence electrons. The third-order valence-electron chi connectivity index (χ3n) is 3.34. The SMILES string of the molecule is [CH2]CCCC1CC(C)CC(C)(C)C1. The van der Waals surface area contributed by atoms with E-state index in [1.165, 1.54) is 32.1 Å². The summed E-state index contributed by atoms with van der Waals surface area (Å²) in [5, 5.41) is 0. The van der Waals surface area contributed by atoms with E-state index < -0.39 is 0 Å². The van der Waals surface area contributed by atoms with Crippen LogP contribution in [0.1, 0.15) is 59.3 Å². The zero-order valence-electron chi connectivity index (χ0n) is 9.60. The molecule has 0 nitrogen and oxygen atoms in total. The molecule has 1 aliphatic carbocycles. The summed E-state index contributed by atoms with van der Waals surface area (Å²) < 4.78 is 0. The van der Waals surface area contributed by atoms with Gasteiger partial charge in [0.25, 0.3) is 0 Å². The zero-order valence-corrected chi connectivity index (χ0v) is 9.60. The first kappa shape index (κ1) is 11.1. The fraction of sp³-hybridized carbons (Fsp3) is 0.923. The van der Waals surface area contributed by atoms with E-state index in [4.69, 9.17) is 0 Å². The van der Waals surface area contributed by atoms with Gasteiger partial charge in [-0.3, -0.25) is 0 Å². The summed E-state index contributed by atoms with van der Waals surface area (Å²) in [5.74, 6) is 1.93. The summed E-state index contributed by atoms with van der Waals surface area (Å²) in [7, 11) is 0. The molecule has 0 aromatic carbocycles. The number of hydrogen-bond donors (Lipinski definition) is 0. The molecular formula is C13H25. The number of rotatable bonds is 3. The predicted molar refractivity (Wildman–Crippen MR) is 59.5 cm³/mol. The van der Waals surface area contributed by atoms with Crippen molar-refractivity contribution in [2.24, 2.45) is 17.3 Å². The van der Waals surface area contributed by atoms with Crippen LogP contribution in [0.25, 0.3) is 0 Å². The normalized spacial score (nSPS) is 33.2. The van der Waals surface area contributed by atoms with Crippen molar-refractivity contribution in [3.63, 3.8) is 0 Å². The van der Waals surface area contributed by atoms with Crippen molar-refractivity contribution in [3.8, 4) is 0 Å². The van der Waals surface area contributed by atoms with Crippen LogP contribution in [0, 0.1) is 24.2 Å². The Morgan fingerprint density at radius 1 is 1.31 bits per heavy atom. The molecule has 0 aromatic heterocycles. The van der Waals surface area contributed by atoms with Crippen LogP contribution in [0.15, 0.2) is 0 Å². The maximum atomic E-state index is 3.93. The van der Waals surface area contributed by atoms with Crippen LogP contribution in [0.5, 0.6) is 0 Å². The molecule has 0 heteroatoms. The quantitative estimate of drug-likeness (QED) is 0.603. The Labute approximate surface area is 84.1 Å². The minimum absolute atomic E-state index is 0.601. The van der Waals surface area contributed by atoms with Gasteiger partial charge in [0.05, 0.1) is 0 Å². The van der Waals surface area contributed by atoms with Crippen LogP contribution >= 0.6 is 0 Å². The molecule has 0 bridgehead atoms. The lowest BCUT2D eigenvalue weighted by atomic mass is 9.67. The molecule has 13 heavy (non-hydrogen) atoms. The third kappa shape index (κ3) is 3.70. The van der Waals surface area contributed by atoms with Crippen LogP contribution in [0.4, 0.5) is 0 Å². The number of hydrogen-bond acceptors (Lipinski definition) is 0. The minimum atomic E-state index is 0.601. The average molecular weight is 181 g/mol. The summed E-state index contributed by atoms with van der Waals surface area (Å²) in [6, 6.07) is 0. The molecule has 0 saturated heterocycles. The molecule has 0 aliphatic heterocycles. The van der Waals surface area contributed by atoms with Crippen LogP contribution in [0.2, 0.25) is 0 Å². The van der Waals surface area contributed by atoms with Gasteiger partial charge in [0.1, 0.15) is 0 Å². The minimum Gasteiger partial charge on any atom is -0.0625 e. The molecule has 1 radical (unpaired) electrons. The van der Waals surface area contributed by atoms with Crippen LogP contribution in [-0.2, 0) is 0 Å². The average Bonchev–Trinajstić information content (AvgIpc) is 1.97. The second-order valence-electron chi connectivity index (χ2n) is 5.78. The van der Waals surface area contributed by atoms with Gasteiger partial charge in [-0.2, -0.15) is 0 Å². The Hall–Kier alpha value is 0. The topological polar surface area (TPSA) is 0 Å². The summed E-state index contributed by atoms with van der Waals surface area (Å²) in [6.45, 7) is 11.2. The summed E-state index contributed by atoms with van der Waals surface area (Å²) in [5.41, 5.74) is 0.601. The highest BCUT2D eigenvalue weighted by Gasteiger charge is 2.31. The van der Waals surface area contributed by atoms with Crippen molar-refractivity contribution >= 4 is 0 Å². The van der Waals surface area contributed by atoms with Gasteiger partial charge in [-0.05, 0) is 36.5 Å². The molecule has 1 fully saturated rings. The van der Waals surface area contributed by atoms with E-state index in [2.05, 4.69) is 27.7 Å². The molecule has 0 aromatic rings. The van der Waals surface area contributed by atoms with Crippen LogP contribution in [0.3, 0.4) is 0 Å². The van der Waals surface area contributed by atoms with E-state index in [-0.39, 0.29) is 0 Å². The van der Waals surface area contributed by atoms with Crippen molar-refractivity contribution in [3.05, 3.63) is 6.92 Å². The summed E-state index contributed by atoms with van der Waals surface area (Å²) >= 11 is 0. The molecular weight excluding hydrogens is 156 g/mol.